The molecule has 0 aromatic rings. The van der Waals surface area contributed by atoms with Crippen LogP contribution in [-0.2, 0) is 8.98 Å². The van der Waals surface area contributed by atoms with Crippen LogP contribution in [0.5, 0.6) is 0 Å². The first-order valence-corrected chi connectivity index (χ1v) is 12.5. The first-order chi connectivity index (χ1) is 10.9. The molecular formula is C19H24O2SSi. The molecule has 0 aliphatic heterocycles. The van der Waals surface area contributed by atoms with Gasteiger partial charge in [0.1, 0.15) is 8.07 Å². The van der Waals surface area contributed by atoms with E-state index in [0.717, 1.165) is 36.8 Å². The monoisotopic (exact) mass is 344 g/mol. The van der Waals surface area contributed by atoms with E-state index in [9.17, 15) is 4.79 Å². The van der Waals surface area contributed by atoms with Crippen LogP contribution in [0.25, 0.3) is 0 Å². The fourth-order valence-corrected chi connectivity index (χ4v) is 2.74. The van der Waals surface area contributed by atoms with Gasteiger partial charge in [-0.25, -0.2) is 0 Å². The van der Waals surface area contributed by atoms with Crippen LogP contribution >= 0.6 is 12.0 Å². The van der Waals surface area contributed by atoms with Gasteiger partial charge in [0.2, 0.25) is 5.78 Å². The van der Waals surface area contributed by atoms with Crippen molar-refractivity contribution in [2.75, 3.05) is 12.9 Å². The van der Waals surface area contributed by atoms with Crippen LogP contribution in [0.3, 0.4) is 0 Å². The van der Waals surface area contributed by atoms with Crippen molar-refractivity contribution in [3.8, 4) is 35.1 Å². The molecule has 1 aliphatic rings. The second-order valence-electron chi connectivity index (χ2n) is 6.28. The maximum absolute atomic E-state index is 12.3. The van der Waals surface area contributed by atoms with Gasteiger partial charge >= 0.3 is 0 Å². The lowest BCUT2D eigenvalue weighted by molar-refractivity contribution is -0.110. The number of Topliss-reactive ketones (excluding diaryl/α,β-unsaturated/α-hetero) is 1. The molecule has 122 valence electrons. The van der Waals surface area contributed by atoms with Gasteiger partial charge < -0.3 is 4.18 Å². The van der Waals surface area contributed by atoms with Crippen molar-refractivity contribution < 1.29 is 8.98 Å². The zero-order valence-electron chi connectivity index (χ0n) is 14.5. The lowest BCUT2D eigenvalue weighted by Crippen LogP contribution is -2.17. The van der Waals surface area contributed by atoms with Gasteiger partial charge in [-0.3, -0.25) is 4.79 Å². The van der Waals surface area contributed by atoms with Gasteiger partial charge in [-0.2, -0.15) is 0 Å². The van der Waals surface area contributed by atoms with Crippen LogP contribution in [0, 0.1) is 35.1 Å². The molecule has 0 aromatic carbocycles. The van der Waals surface area contributed by atoms with Crippen molar-refractivity contribution in [2.45, 2.75) is 51.7 Å². The van der Waals surface area contributed by atoms with E-state index in [1.165, 1.54) is 12.0 Å². The predicted octanol–water partition coefficient (Wildman–Crippen LogP) is 4.00. The highest BCUT2D eigenvalue weighted by Crippen LogP contribution is 2.24. The minimum atomic E-state index is -1.53. The van der Waals surface area contributed by atoms with Crippen molar-refractivity contribution in [1.82, 2.24) is 0 Å². The highest BCUT2D eigenvalue weighted by molar-refractivity contribution is 7.93. The first-order valence-electron chi connectivity index (χ1n) is 7.88. The quantitative estimate of drug-likeness (QED) is 0.334. The Morgan fingerprint density at radius 3 is 2.65 bits per heavy atom. The minimum absolute atomic E-state index is 0.0437. The lowest BCUT2D eigenvalue weighted by Gasteiger charge is -2.13. The van der Waals surface area contributed by atoms with E-state index in [4.69, 9.17) is 4.18 Å². The number of hydrogen-bond acceptors (Lipinski definition) is 3. The number of carbonyl (C=O) groups is 1. The van der Waals surface area contributed by atoms with Gasteiger partial charge in [-0.1, -0.05) is 31.5 Å². The van der Waals surface area contributed by atoms with Crippen molar-refractivity contribution >= 4 is 25.9 Å². The van der Waals surface area contributed by atoms with E-state index in [1.54, 1.807) is 0 Å². The second kappa shape index (κ2) is 10.4. The zero-order valence-corrected chi connectivity index (χ0v) is 16.3. The Morgan fingerprint density at radius 1 is 1.22 bits per heavy atom. The maximum atomic E-state index is 12.3. The summed E-state index contributed by atoms with van der Waals surface area (Å²) >= 11 is 1.34. The van der Waals surface area contributed by atoms with Crippen LogP contribution in [-0.4, -0.2) is 26.7 Å². The molecule has 0 saturated heterocycles. The van der Waals surface area contributed by atoms with Crippen LogP contribution in [0.1, 0.15) is 32.1 Å². The van der Waals surface area contributed by atoms with Gasteiger partial charge in [-0.15, -0.1) is 5.54 Å². The van der Waals surface area contributed by atoms with Crippen LogP contribution in [0.2, 0.25) is 19.6 Å². The third kappa shape index (κ3) is 8.73. The molecule has 23 heavy (non-hydrogen) atoms. The summed E-state index contributed by atoms with van der Waals surface area (Å²) < 4.78 is 5.13. The summed E-state index contributed by atoms with van der Waals surface area (Å²) in [5.74, 6) is 14.5. The van der Waals surface area contributed by atoms with Gasteiger partial charge in [-0.05, 0) is 55.5 Å². The lowest BCUT2D eigenvalue weighted by atomic mass is 9.89. The van der Waals surface area contributed by atoms with E-state index in [0.29, 0.717) is 13.0 Å². The van der Waals surface area contributed by atoms with E-state index >= 15 is 0 Å². The normalized spacial score (nSPS) is 13.9. The molecule has 0 heterocycles. The third-order valence-electron chi connectivity index (χ3n) is 3.09. The molecular weight excluding hydrogens is 320 g/mol. The van der Waals surface area contributed by atoms with Gasteiger partial charge in [0.25, 0.3) is 0 Å². The Bertz CT molecular complexity index is 637. The number of carbonyl (C=O) groups excluding carboxylic acids is 1. The molecule has 2 nitrogen and oxygen atoms in total. The van der Waals surface area contributed by atoms with E-state index in [-0.39, 0.29) is 5.78 Å². The summed E-state index contributed by atoms with van der Waals surface area (Å²) in [5, 5.41) is 0. The molecule has 0 N–H and O–H groups in total. The maximum Gasteiger partial charge on any atom is 0.232 e. The standard InChI is InChI=1S/C19H24O2SSi/c1-22-21-15-10-6-5-7-11-17-12-8-9-13-18(17)19(20)14-16-23(2,3)4/h8-10,12-13,15H2,1-4H3. The van der Waals surface area contributed by atoms with Crippen molar-refractivity contribution in [3.63, 3.8) is 0 Å². The number of hydrogen-bond donors (Lipinski definition) is 0. The topological polar surface area (TPSA) is 26.3 Å². The minimum Gasteiger partial charge on any atom is -0.315 e. The Hall–Kier alpha value is -1.38. The Morgan fingerprint density at radius 2 is 1.96 bits per heavy atom. The Balaban J connectivity index is 2.81. The molecule has 0 aromatic heterocycles. The van der Waals surface area contributed by atoms with Gasteiger partial charge in [0.15, 0.2) is 0 Å². The van der Waals surface area contributed by atoms with Crippen LogP contribution in [0.4, 0.5) is 0 Å². The number of rotatable bonds is 4. The third-order valence-corrected chi connectivity index (χ3v) is 4.36. The first kappa shape index (κ1) is 19.7. The summed E-state index contributed by atoms with van der Waals surface area (Å²) in [4.78, 5) is 12.3. The second-order valence-corrected chi connectivity index (χ2v) is 11.6. The summed E-state index contributed by atoms with van der Waals surface area (Å²) in [6.45, 7) is 7.02. The average Bonchev–Trinajstić information content (AvgIpc) is 2.51. The highest BCUT2D eigenvalue weighted by atomic mass is 32.2. The summed E-state index contributed by atoms with van der Waals surface area (Å²) in [6.07, 6.45) is 6.32. The van der Waals surface area contributed by atoms with E-state index in [1.807, 2.05) is 6.26 Å². The SMILES string of the molecule is CSOCCC#CC#CC1=C(C(=O)C#C[Si](C)(C)C)CCCC1. The Labute approximate surface area is 146 Å². The number of allylic oxidation sites excluding steroid dienone is 2. The predicted molar refractivity (Wildman–Crippen MR) is 101 cm³/mol. The molecule has 0 amide bonds. The molecule has 0 saturated carbocycles. The Kier molecular flexibility index (Phi) is 8.89. The fraction of sp³-hybridized carbons (Fsp3) is 0.526. The molecule has 0 fully saturated rings. The molecule has 0 unspecified atom stereocenters. The van der Waals surface area contributed by atoms with Crippen molar-refractivity contribution in [3.05, 3.63) is 11.1 Å². The highest BCUT2D eigenvalue weighted by Gasteiger charge is 2.17. The van der Waals surface area contributed by atoms with Crippen LogP contribution < -0.4 is 0 Å². The fourth-order valence-electron chi connectivity index (χ4n) is 2.00. The summed E-state index contributed by atoms with van der Waals surface area (Å²) in [5.41, 5.74) is 4.89. The largest absolute Gasteiger partial charge is 0.315 e. The van der Waals surface area contributed by atoms with Crippen LogP contribution in [0.15, 0.2) is 11.1 Å². The van der Waals surface area contributed by atoms with Gasteiger partial charge in [0, 0.05) is 23.8 Å². The number of ketones is 1. The molecule has 1 rings (SSSR count). The van der Waals surface area contributed by atoms with E-state index < -0.39 is 8.07 Å². The zero-order chi connectivity index (χ0) is 17.1. The molecule has 1 aliphatic carbocycles. The van der Waals surface area contributed by atoms with Crippen molar-refractivity contribution in [1.29, 1.82) is 0 Å². The van der Waals surface area contributed by atoms with Crippen molar-refractivity contribution in [2.24, 2.45) is 0 Å². The molecule has 0 spiro atoms. The summed E-state index contributed by atoms with van der Waals surface area (Å²) in [6, 6.07) is 0. The molecule has 0 radical (unpaired) electrons. The van der Waals surface area contributed by atoms with E-state index in [2.05, 4.69) is 54.8 Å². The summed E-state index contributed by atoms with van der Waals surface area (Å²) in [7, 11) is -1.53. The van der Waals surface area contributed by atoms with Gasteiger partial charge in [0.05, 0.1) is 6.61 Å². The average molecular weight is 345 g/mol. The molecule has 4 heteroatoms. The molecule has 0 atom stereocenters. The molecule has 0 bridgehead atoms. The smallest absolute Gasteiger partial charge is 0.232 e.